The number of hydrogen-bond donors (Lipinski definition) is 1. The third-order valence-corrected chi connectivity index (χ3v) is 5.00. The van der Waals surface area contributed by atoms with Gasteiger partial charge in [-0.1, -0.05) is 11.6 Å². The lowest BCUT2D eigenvalue weighted by Gasteiger charge is -2.10. The summed E-state index contributed by atoms with van der Waals surface area (Å²) in [5, 5.41) is 13.2. The molecule has 1 N–H and O–H groups in total. The van der Waals surface area contributed by atoms with Gasteiger partial charge in [0, 0.05) is 7.05 Å². The second-order valence-corrected chi connectivity index (χ2v) is 6.56. The lowest BCUT2D eigenvalue weighted by molar-refractivity contribution is 0.599. The minimum absolute atomic E-state index is 0.114. The molecule has 0 atom stereocenters. The van der Waals surface area contributed by atoms with Gasteiger partial charge in [0.05, 0.1) is 33.7 Å². The first-order chi connectivity index (χ1) is 9.76. The molecule has 6 nitrogen and oxygen atoms in total. The summed E-state index contributed by atoms with van der Waals surface area (Å²) in [5.41, 5.74) is 1.40. The molecule has 1 aromatic carbocycles. The third-order valence-electron chi connectivity index (χ3n) is 3.05. The lowest BCUT2D eigenvalue weighted by atomic mass is 10.2. The number of nitrogens with zero attached hydrogens (tertiary/aromatic N) is 3. The van der Waals surface area contributed by atoms with Crippen LogP contribution in [0.15, 0.2) is 23.1 Å². The van der Waals surface area contributed by atoms with Crippen molar-refractivity contribution in [1.82, 2.24) is 9.78 Å². The first kappa shape index (κ1) is 15.4. The van der Waals surface area contributed by atoms with Crippen molar-refractivity contribution < 1.29 is 8.42 Å². The Balaban J connectivity index is 2.50. The highest BCUT2D eigenvalue weighted by atomic mass is 35.5. The molecular weight excluding hydrogens is 312 g/mol. The van der Waals surface area contributed by atoms with Crippen LogP contribution in [0.3, 0.4) is 0 Å². The van der Waals surface area contributed by atoms with Crippen LogP contribution in [0.25, 0.3) is 0 Å². The molecule has 0 aliphatic heterocycles. The molecule has 21 heavy (non-hydrogen) atoms. The number of rotatable bonds is 3. The SMILES string of the molecule is Cc1nn(C)c(C)c1S(=O)(=O)Nc1cc(C#N)ccc1Cl. The summed E-state index contributed by atoms with van der Waals surface area (Å²) in [4.78, 5) is 0.114. The Morgan fingerprint density at radius 3 is 2.57 bits per heavy atom. The number of anilines is 1. The van der Waals surface area contributed by atoms with Gasteiger partial charge in [-0.25, -0.2) is 8.42 Å². The molecule has 1 heterocycles. The second kappa shape index (κ2) is 5.39. The van der Waals surface area contributed by atoms with E-state index in [0.29, 0.717) is 17.0 Å². The Labute approximate surface area is 128 Å². The molecule has 0 saturated heterocycles. The molecular formula is C13H13ClN4O2S. The van der Waals surface area contributed by atoms with E-state index in [-0.39, 0.29) is 15.6 Å². The fourth-order valence-corrected chi connectivity index (χ4v) is 3.74. The Morgan fingerprint density at radius 1 is 1.38 bits per heavy atom. The maximum absolute atomic E-state index is 12.5. The van der Waals surface area contributed by atoms with Gasteiger partial charge in [0.25, 0.3) is 10.0 Å². The monoisotopic (exact) mass is 324 g/mol. The summed E-state index contributed by atoms with van der Waals surface area (Å²) in [6.45, 7) is 3.29. The zero-order valence-electron chi connectivity index (χ0n) is 11.7. The molecule has 1 aromatic heterocycles. The Hall–Kier alpha value is -2.04. The van der Waals surface area contributed by atoms with Gasteiger partial charge in [0.1, 0.15) is 4.90 Å². The summed E-state index contributed by atoms with van der Waals surface area (Å²) in [7, 11) is -2.16. The smallest absolute Gasteiger partial charge is 0.265 e. The minimum Gasteiger partial charge on any atom is -0.278 e. The van der Waals surface area contributed by atoms with E-state index in [1.807, 2.05) is 6.07 Å². The topological polar surface area (TPSA) is 87.8 Å². The van der Waals surface area contributed by atoms with Crippen LogP contribution in [0, 0.1) is 25.2 Å². The molecule has 8 heteroatoms. The Kier molecular flexibility index (Phi) is 3.94. The van der Waals surface area contributed by atoms with Crippen molar-refractivity contribution in [2.75, 3.05) is 4.72 Å². The molecule has 2 aromatic rings. The van der Waals surface area contributed by atoms with Crippen molar-refractivity contribution in [3.63, 3.8) is 0 Å². The molecule has 0 spiro atoms. The summed E-state index contributed by atoms with van der Waals surface area (Å²) in [5.74, 6) is 0. The number of nitriles is 1. The number of benzene rings is 1. The summed E-state index contributed by atoms with van der Waals surface area (Å²) in [6, 6.07) is 6.31. The predicted molar refractivity (Wildman–Crippen MR) is 79.7 cm³/mol. The van der Waals surface area contributed by atoms with E-state index in [9.17, 15) is 8.42 Å². The molecule has 0 aliphatic carbocycles. The fraction of sp³-hybridized carbons (Fsp3) is 0.231. The summed E-state index contributed by atoms with van der Waals surface area (Å²) in [6.07, 6.45) is 0. The van der Waals surface area contributed by atoms with Crippen LogP contribution in [0.4, 0.5) is 5.69 Å². The zero-order valence-corrected chi connectivity index (χ0v) is 13.2. The normalized spacial score (nSPS) is 11.2. The first-order valence-corrected chi connectivity index (χ1v) is 7.85. The van der Waals surface area contributed by atoms with Gasteiger partial charge in [-0.2, -0.15) is 10.4 Å². The zero-order chi connectivity index (χ0) is 15.8. The van der Waals surface area contributed by atoms with Crippen molar-refractivity contribution in [3.8, 4) is 6.07 Å². The first-order valence-electron chi connectivity index (χ1n) is 5.99. The molecule has 0 radical (unpaired) electrons. The highest BCUT2D eigenvalue weighted by molar-refractivity contribution is 7.92. The van der Waals surface area contributed by atoms with Gasteiger partial charge in [-0.15, -0.1) is 0 Å². The van der Waals surface area contributed by atoms with E-state index in [1.165, 1.54) is 22.9 Å². The van der Waals surface area contributed by atoms with E-state index in [2.05, 4.69) is 9.82 Å². The van der Waals surface area contributed by atoms with Crippen molar-refractivity contribution >= 4 is 27.3 Å². The average molecular weight is 325 g/mol. The van der Waals surface area contributed by atoms with E-state index < -0.39 is 10.0 Å². The Bertz CT molecular complexity index is 850. The quantitative estimate of drug-likeness (QED) is 0.938. The van der Waals surface area contributed by atoms with E-state index >= 15 is 0 Å². The van der Waals surface area contributed by atoms with Crippen LogP contribution < -0.4 is 4.72 Å². The van der Waals surface area contributed by atoms with Gasteiger partial charge < -0.3 is 0 Å². The van der Waals surface area contributed by atoms with Crippen LogP contribution in [-0.2, 0) is 17.1 Å². The van der Waals surface area contributed by atoms with Gasteiger partial charge in [0.2, 0.25) is 0 Å². The van der Waals surface area contributed by atoms with Gasteiger partial charge >= 0.3 is 0 Å². The summed E-state index contributed by atoms with van der Waals surface area (Å²) < 4.78 is 28.9. The van der Waals surface area contributed by atoms with Crippen LogP contribution >= 0.6 is 11.6 Å². The van der Waals surface area contributed by atoms with Crippen molar-refractivity contribution in [3.05, 3.63) is 40.2 Å². The predicted octanol–water partition coefficient (Wildman–Crippen LogP) is 2.36. The number of nitrogens with one attached hydrogen (secondary N) is 1. The molecule has 0 aliphatic rings. The maximum Gasteiger partial charge on any atom is 0.265 e. The van der Waals surface area contributed by atoms with E-state index in [0.717, 1.165) is 0 Å². The molecule has 2 rings (SSSR count). The Morgan fingerprint density at radius 2 is 2.05 bits per heavy atom. The molecule has 110 valence electrons. The molecule has 0 saturated carbocycles. The number of aryl methyl sites for hydroxylation is 2. The molecule has 0 bridgehead atoms. The number of aromatic nitrogens is 2. The number of sulfonamides is 1. The van der Waals surface area contributed by atoms with Gasteiger partial charge in [0.15, 0.2) is 0 Å². The van der Waals surface area contributed by atoms with Crippen LogP contribution in [-0.4, -0.2) is 18.2 Å². The maximum atomic E-state index is 12.5. The van der Waals surface area contributed by atoms with Crippen molar-refractivity contribution in [1.29, 1.82) is 5.26 Å². The van der Waals surface area contributed by atoms with E-state index in [1.54, 1.807) is 20.9 Å². The standard InChI is InChI=1S/C13H13ClN4O2S/c1-8-13(9(2)18(3)16-8)21(19,20)17-12-6-10(7-15)4-5-11(12)14/h4-6,17H,1-3H3. The summed E-state index contributed by atoms with van der Waals surface area (Å²) >= 11 is 5.97. The van der Waals surface area contributed by atoms with Gasteiger partial charge in [-0.3, -0.25) is 9.40 Å². The second-order valence-electron chi connectivity index (χ2n) is 4.54. The minimum atomic E-state index is -3.83. The molecule has 0 amide bonds. The fourth-order valence-electron chi connectivity index (χ4n) is 2.01. The highest BCUT2D eigenvalue weighted by Gasteiger charge is 2.24. The van der Waals surface area contributed by atoms with E-state index in [4.69, 9.17) is 16.9 Å². The number of halogens is 1. The average Bonchev–Trinajstić information content (AvgIpc) is 2.66. The highest BCUT2D eigenvalue weighted by Crippen LogP contribution is 2.27. The molecule has 0 unspecified atom stereocenters. The lowest BCUT2D eigenvalue weighted by Crippen LogP contribution is -2.15. The van der Waals surface area contributed by atoms with Crippen LogP contribution in [0.2, 0.25) is 5.02 Å². The largest absolute Gasteiger partial charge is 0.278 e. The van der Waals surface area contributed by atoms with Gasteiger partial charge in [-0.05, 0) is 32.0 Å². The number of hydrogen-bond acceptors (Lipinski definition) is 4. The van der Waals surface area contributed by atoms with Crippen molar-refractivity contribution in [2.24, 2.45) is 7.05 Å². The van der Waals surface area contributed by atoms with Crippen molar-refractivity contribution in [2.45, 2.75) is 18.7 Å². The molecule has 0 fully saturated rings. The van der Waals surface area contributed by atoms with Crippen LogP contribution in [0.1, 0.15) is 17.0 Å². The van der Waals surface area contributed by atoms with Crippen LogP contribution in [0.5, 0.6) is 0 Å². The third kappa shape index (κ3) is 2.86.